The first-order chi connectivity index (χ1) is 6.39. The molecule has 0 aliphatic heterocycles. The van der Waals surface area contributed by atoms with E-state index in [9.17, 15) is 8.42 Å². The molecule has 0 amide bonds. The molecule has 4 nitrogen and oxygen atoms in total. The van der Waals surface area contributed by atoms with Crippen molar-refractivity contribution in [1.82, 2.24) is 0 Å². The van der Waals surface area contributed by atoms with Gasteiger partial charge in [-0.3, -0.25) is 0 Å². The minimum atomic E-state index is -3.60. The Bertz CT molecular complexity index is 395. The zero-order valence-corrected chi connectivity index (χ0v) is 8.91. The van der Waals surface area contributed by atoms with Crippen LogP contribution < -0.4 is 9.88 Å². The van der Waals surface area contributed by atoms with Crippen molar-refractivity contribution < 1.29 is 13.2 Å². The Hall–Kier alpha value is -1.07. The average molecular weight is 215 g/mol. The van der Waals surface area contributed by atoms with E-state index >= 15 is 0 Å². The van der Waals surface area contributed by atoms with Crippen molar-refractivity contribution in [1.29, 1.82) is 0 Å². The maximum atomic E-state index is 10.9. The third-order valence-corrected chi connectivity index (χ3v) is 2.45. The van der Waals surface area contributed by atoms with E-state index in [0.29, 0.717) is 5.75 Å². The van der Waals surface area contributed by atoms with Gasteiger partial charge in [0.15, 0.2) is 0 Å². The number of ether oxygens (including phenoxy) is 1. The minimum absolute atomic E-state index is 0.0651. The Morgan fingerprint density at radius 1 is 1.21 bits per heavy atom. The third-order valence-electron chi connectivity index (χ3n) is 1.52. The van der Waals surface area contributed by atoms with Crippen LogP contribution in [0.4, 0.5) is 0 Å². The van der Waals surface area contributed by atoms with Gasteiger partial charge in [0.05, 0.1) is 11.0 Å². The van der Waals surface area contributed by atoms with Crippen molar-refractivity contribution in [3.05, 3.63) is 24.3 Å². The highest BCUT2D eigenvalue weighted by atomic mass is 32.2. The molecule has 2 N–H and O–H groups in total. The topological polar surface area (TPSA) is 69.4 Å². The first kappa shape index (κ1) is 11.0. The molecule has 0 aliphatic rings. The van der Waals surface area contributed by atoms with Gasteiger partial charge >= 0.3 is 0 Å². The highest BCUT2D eigenvalue weighted by Gasteiger charge is 2.07. The smallest absolute Gasteiger partial charge is 0.238 e. The fourth-order valence-corrected chi connectivity index (χ4v) is 1.50. The number of sulfonamides is 1. The molecule has 5 heteroatoms. The largest absolute Gasteiger partial charge is 0.491 e. The molecule has 1 aromatic rings. The molecular weight excluding hydrogens is 202 g/mol. The SMILES string of the molecule is CC(C)Oc1ccc(S(N)(=O)=O)cc1. The summed E-state index contributed by atoms with van der Waals surface area (Å²) in [6.07, 6.45) is 0.0651. The summed E-state index contributed by atoms with van der Waals surface area (Å²) >= 11 is 0. The van der Waals surface area contributed by atoms with E-state index in [1.165, 1.54) is 12.1 Å². The predicted molar refractivity (Wildman–Crippen MR) is 53.6 cm³/mol. The van der Waals surface area contributed by atoms with E-state index in [1.54, 1.807) is 12.1 Å². The van der Waals surface area contributed by atoms with Crippen LogP contribution in [0, 0.1) is 0 Å². The molecule has 0 aromatic heterocycles. The maximum absolute atomic E-state index is 10.9. The van der Waals surface area contributed by atoms with Crippen LogP contribution >= 0.6 is 0 Å². The Labute approximate surface area is 83.7 Å². The second kappa shape index (κ2) is 3.98. The normalized spacial score (nSPS) is 11.7. The lowest BCUT2D eigenvalue weighted by molar-refractivity contribution is 0.242. The second-order valence-electron chi connectivity index (χ2n) is 3.18. The average Bonchev–Trinajstić information content (AvgIpc) is 2.02. The van der Waals surface area contributed by atoms with E-state index in [2.05, 4.69) is 0 Å². The van der Waals surface area contributed by atoms with Crippen molar-refractivity contribution in [2.24, 2.45) is 5.14 Å². The summed E-state index contributed by atoms with van der Waals surface area (Å²) in [7, 11) is -3.60. The number of benzene rings is 1. The number of primary sulfonamides is 1. The second-order valence-corrected chi connectivity index (χ2v) is 4.74. The Morgan fingerprint density at radius 3 is 2.07 bits per heavy atom. The molecule has 0 fully saturated rings. The summed E-state index contributed by atoms with van der Waals surface area (Å²) < 4.78 is 27.2. The molecule has 0 radical (unpaired) electrons. The van der Waals surface area contributed by atoms with Gasteiger partial charge < -0.3 is 4.74 Å². The van der Waals surface area contributed by atoms with Gasteiger partial charge in [-0.25, -0.2) is 13.6 Å². The number of rotatable bonds is 3. The van der Waals surface area contributed by atoms with E-state index in [4.69, 9.17) is 9.88 Å². The van der Waals surface area contributed by atoms with Gasteiger partial charge in [-0.05, 0) is 38.1 Å². The Balaban J connectivity index is 2.90. The summed E-state index contributed by atoms with van der Waals surface area (Å²) in [5.74, 6) is 0.632. The van der Waals surface area contributed by atoms with Crippen LogP contribution in [0.1, 0.15) is 13.8 Å². The summed E-state index contributed by atoms with van der Waals surface area (Å²) in [5.41, 5.74) is 0. The van der Waals surface area contributed by atoms with Gasteiger partial charge in [0.25, 0.3) is 0 Å². The molecule has 0 spiro atoms. The number of hydrogen-bond acceptors (Lipinski definition) is 3. The van der Waals surface area contributed by atoms with Crippen molar-refractivity contribution in [2.45, 2.75) is 24.8 Å². The van der Waals surface area contributed by atoms with E-state index in [1.807, 2.05) is 13.8 Å². The van der Waals surface area contributed by atoms with Crippen LogP contribution in [0.5, 0.6) is 5.75 Å². The first-order valence-electron chi connectivity index (χ1n) is 4.19. The van der Waals surface area contributed by atoms with Crippen LogP contribution in [-0.2, 0) is 10.0 Å². The molecule has 0 bridgehead atoms. The Kier molecular flexibility index (Phi) is 3.13. The lowest BCUT2D eigenvalue weighted by atomic mass is 10.3. The van der Waals surface area contributed by atoms with Gasteiger partial charge in [-0.15, -0.1) is 0 Å². The van der Waals surface area contributed by atoms with Gasteiger partial charge in [0.1, 0.15) is 5.75 Å². The van der Waals surface area contributed by atoms with Crippen LogP contribution in [0.2, 0.25) is 0 Å². The van der Waals surface area contributed by atoms with E-state index in [0.717, 1.165) is 0 Å². The van der Waals surface area contributed by atoms with Crippen molar-refractivity contribution in [3.63, 3.8) is 0 Å². The fourth-order valence-electron chi connectivity index (χ4n) is 0.980. The molecule has 0 aliphatic carbocycles. The zero-order valence-electron chi connectivity index (χ0n) is 8.10. The lowest BCUT2D eigenvalue weighted by Crippen LogP contribution is -2.12. The summed E-state index contributed by atoms with van der Waals surface area (Å²) in [6.45, 7) is 3.79. The molecule has 1 aromatic carbocycles. The monoisotopic (exact) mass is 215 g/mol. The predicted octanol–water partition coefficient (Wildman–Crippen LogP) is 1.12. The highest BCUT2D eigenvalue weighted by molar-refractivity contribution is 7.89. The van der Waals surface area contributed by atoms with Crippen LogP contribution in [0.15, 0.2) is 29.2 Å². The molecule has 1 rings (SSSR count). The number of hydrogen-bond donors (Lipinski definition) is 1. The zero-order chi connectivity index (χ0) is 10.8. The maximum Gasteiger partial charge on any atom is 0.238 e. The quantitative estimate of drug-likeness (QED) is 0.821. The Morgan fingerprint density at radius 2 is 1.71 bits per heavy atom. The third kappa shape index (κ3) is 3.01. The van der Waals surface area contributed by atoms with Crippen molar-refractivity contribution in [2.75, 3.05) is 0 Å². The van der Waals surface area contributed by atoms with Crippen LogP contribution in [0.25, 0.3) is 0 Å². The summed E-state index contributed by atoms with van der Waals surface area (Å²) in [6, 6.07) is 6.01. The summed E-state index contributed by atoms with van der Waals surface area (Å²) in [4.78, 5) is 0.0913. The van der Waals surface area contributed by atoms with E-state index < -0.39 is 10.0 Å². The number of nitrogens with two attached hydrogens (primary N) is 1. The lowest BCUT2D eigenvalue weighted by Gasteiger charge is -2.09. The molecule has 0 heterocycles. The van der Waals surface area contributed by atoms with Gasteiger partial charge in [-0.1, -0.05) is 0 Å². The molecule has 0 atom stereocenters. The van der Waals surface area contributed by atoms with E-state index in [-0.39, 0.29) is 11.0 Å². The molecule has 14 heavy (non-hydrogen) atoms. The fraction of sp³-hybridized carbons (Fsp3) is 0.333. The molecule has 78 valence electrons. The van der Waals surface area contributed by atoms with Gasteiger partial charge in [-0.2, -0.15) is 0 Å². The van der Waals surface area contributed by atoms with Gasteiger partial charge in [0, 0.05) is 0 Å². The highest BCUT2D eigenvalue weighted by Crippen LogP contribution is 2.15. The van der Waals surface area contributed by atoms with Gasteiger partial charge in [0.2, 0.25) is 10.0 Å². The van der Waals surface area contributed by atoms with Crippen molar-refractivity contribution >= 4 is 10.0 Å². The standard InChI is InChI=1S/C9H13NO3S/c1-7(2)13-8-3-5-9(6-4-8)14(10,11)12/h3-7H,1-2H3,(H2,10,11,12). The van der Waals surface area contributed by atoms with Crippen LogP contribution in [-0.4, -0.2) is 14.5 Å². The molecular formula is C9H13NO3S. The summed E-state index contributed by atoms with van der Waals surface area (Å²) in [5, 5.41) is 4.94. The van der Waals surface area contributed by atoms with Crippen molar-refractivity contribution in [3.8, 4) is 5.75 Å². The molecule has 0 unspecified atom stereocenters. The first-order valence-corrected chi connectivity index (χ1v) is 5.74. The van der Waals surface area contributed by atoms with Crippen LogP contribution in [0.3, 0.4) is 0 Å². The minimum Gasteiger partial charge on any atom is -0.491 e. The molecule has 0 saturated carbocycles. The molecule has 0 saturated heterocycles.